The fraction of sp³-hybridized carbons (Fsp3) is 0.342. The zero-order valence-electron chi connectivity index (χ0n) is 28.8. The maximum Gasteiger partial charge on any atom is 1.00 e. The van der Waals surface area contributed by atoms with Crippen LogP contribution in [0.3, 0.4) is 0 Å². The van der Waals surface area contributed by atoms with Gasteiger partial charge in [-0.3, -0.25) is 0 Å². The minimum absolute atomic E-state index is 0. The van der Waals surface area contributed by atoms with Gasteiger partial charge in [0.25, 0.3) is 0 Å². The van der Waals surface area contributed by atoms with Gasteiger partial charge >= 0.3 is 29.6 Å². The van der Waals surface area contributed by atoms with Crippen LogP contribution in [0.4, 0.5) is 11.4 Å². The summed E-state index contributed by atoms with van der Waals surface area (Å²) in [6, 6.07) is 24.9. The third kappa shape index (κ3) is 7.47. The third-order valence-electron chi connectivity index (χ3n) is 9.82. The molecule has 0 radical (unpaired) electrons. The first-order valence-corrected chi connectivity index (χ1v) is 19.5. The quantitative estimate of drug-likeness (QED) is 0.100. The Hall–Kier alpha value is -2.83. The van der Waals surface area contributed by atoms with E-state index >= 15 is 0 Å². The van der Waals surface area contributed by atoms with Gasteiger partial charge in [0.15, 0.2) is 5.71 Å². The van der Waals surface area contributed by atoms with E-state index in [1.807, 2.05) is 30.3 Å². The van der Waals surface area contributed by atoms with E-state index in [-0.39, 0.29) is 53.6 Å². The third-order valence-corrected chi connectivity index (χ3v) is 11.4. The number of hydrogen-bond acceptors (Lipinski definition) is 7. The topological polar surface area (TPSA) is 121 Å². The van der Waals surface area contributed by atoms with Crippen molar-refractivity contribution in [3.63, 3.8) is 0 Å². The first-order chi connectivity index (χ1) is 22.6. The van der Waals surface area contributed by atoms with Crippen molar-refractivity contribution in [1.29, 1.82) is 0 Å². The number of hydrogen-bond donors (Lipinski definition) is 0. The van der Waals surface area contributed by atoms with E-state index in [0.29, 0.717) is 19.5 Å². The molecular formula is C38H41N2NaO6S2. The molecule has 2 heterocycles. The molecule has 0 amide bonds. The Kier molecular flexibility index (Phi) is 10.7. The van der Waals surface area contributed by atoms with E-state index in [2.05, 4.69) is 97.9 Å². The summed E-state index contributed by atoms with van der Waals surface area (Å²) < 4.78 is 70.6. The molecule has 11 heteroatoms. The number of fused-ring (bicyclic) bond motifs is 6. The zero-order valence-corrected chi connectivity index (χ0v) is 32.4. The van der Waals surface area contributed by atoms with E-state index < -0.39 is 31.4 Å². The SMILES string of the molecule is CC1(C)C(=CC=CC2=[N+](CCCS(=O)(=O)[O-])c3ccc4ccccc4c3C2(C)C)N(CCCCS(=O)(=O)[O-])c2ccc3ccccc3c21.[Na+]. The van der Waals surface area contributed by atoms with E-state index in [1.54, 1.807) is 0 Å². The molecule has 0 aliphatic carbocycles. The van der Waals surface area contributed by atoms with E-state index in [1.165, 1.54) is 5.56 Å². The largest absolute Gasteiger partial charge is 1.00 e. The molecule has 2 aliphatic heterocycles. The van der Waals surface area contributed by atoms with Gasteiger partial charge in [0.05, 0.1) is 25.7 Å². The van der Waals surface area contributed by atoms with Crippen molar-refractivity contribution >= 4 is 58.9 Å². The average molecular weight is 709 g/mol. The van der Waals surface area contributed by atoms with Crippen LogP contribution in [-0.2, 0) is 31.1 Å². The second kappa shape index (κ2) is 14.1. The van der Waals surface area contributed by atoms with Gasteiger partial charge in [-0.05, 0) is 72.0 Å². The average Bonchev–Trinajstić information content (AvgIpc) is 3.37. The van der Waals surface area contributed by atoms with Gasteiger partial charge in [-0.2, -0.15) is 4.58 Å². The van der Waals surface area contributed by atoms with Crippen molar-refractivity contribution < 1.29 is 60.1 Å². The fourth-order valence-corrected chi connectivity index (χ4v) is 8.77. The summed E-state index contributed by atoms with van der Waals surface area (Å²) in [4.78, 5) is 2.24. The number of nitrogens with zero attached hydrogens (tertiary/aromatic N) is 2. The minimum atomic E-state index is -4.35. The summed E-state index contributed by atoms with van der Waals surface area (Å²) in [6.07, 6.45) is 7.27. The summed E-state index contributed by atoms with van der Waals surface area (Å²) in [7, 11) is -8.64. The number of benzene rings is 4. The molecule has 0 saturated carbocycles. The van der Waals surface area contributed by atoms with Crippen LogP contribution in [-0.4, -0.2) is 60.8 Å². The van der Waals surface area contributed by atoms with Gasteiger partial charge in [-0.25, -0.2) is 16.8 Å². The first kappa shape index (κ1) is 37.4. The molecule has 0 aromatic heterocycles. The maximum absolute atomic E-state index is 11.5. The molecule has 49 heavy (non-hydrogen) atoms. The summed E-state index contributed by atoms with van der Waals surface area (Å²) in [6.45, 7) is 9.68. The van der Waals surface area contributed by atoms with Crippen LogP contribution in [0.25, 0.3) is 21.5 Å². The van der Waals surface area contributed by atoms with Gasteiger partial charge in [0, 0.05) is 59.0 Å². The number of rotatable bonds is 11. The van der Waals surface area contributed by atoms with Gasteiger partial charge < -0.3 is 14.0 Å². The second-order valence-corrected chi connectivity index (χ2v) is 16.8. The standard InChI is InChI=1S/C38H42N2O6S2.Na/c1-37(2)33(39(23-9-10-25-47(41,42)43)31-21-19-27-13-5-7-15-29(27)35(31)37)17-11-18-34-38(3,4)36-30-16-8-6-14-28(30)20-22-32(36)40(34)24-12-26-48(44,45)46;/h5-8,11,13-22H,9-10,12,23-26H2,1-4H3,(H-,41,42,43,44,45,46);/q;+1/p-1. The molecule has 0 atom stereocenters. The van der Waals surface area contributed by atoms with Crippen LogP contribution in [0.15, 0.2) is 96.7 Å². The Morgan fingerprint density at radius 1 is 0.714 bits per heavy atom. The van der Waals surface area contributed by atoms with Crippen LogP contribution < -0.4 is 34.5 Å². The van der Waals surface area contributed by atoms with E-state index in [0.717, 1.165) is 49.9 Å². The van der Waals surface area contributed by atoms with Gasteiger partial charge in [-0.15, -0.1) is 0 Å². The summed E-state index contributed by atoms with van der Waals surface area (Å²) in [5.41, 5.74) is 5.68. The molecule has 6 rings (SSSR count). The van der Waals surface area contributed by atoms with Crippen molar-refractivity contribution in [3.8, 4) is 0 Å². The van der Waals surface area contributed by atoms with Crippen LogP contribution in [0.1, 0.15) is 58.1 Å². The van der Waals surface area contributed by atoms with E-state index in [9.17, 15) is 25.9 Å². The van der Waals surface area contributed by atoms with Crippen molar-refractivity contribution in [2.45, 2.75) is 57.8 Å². The molecule has 4 aromatic carbocycles. The predicted octanol–water partition coefficient (Wildman–Crippen LogP) is 3.87. The molecule has 0 unspecified atom stereocenters. The fourth-order valence-electron chi connectivity index (χ4n) is 7.73. The van der Waals surface area contributed by atoms with Crippen molar-refractivity contribution in [1.82, 2.24) is 0 Å². The van der Waals surface area contributed by atoms with Crippen molar-refractivity contribution in [2.75, 3.05) is 29.5 Å². The Morgan fingerprint density at radius 3 is 1.92 bits per heavy atom. The molecule has 2 aliphatic rings. The molecule has 0 fully saturated rings. The van der Waals surface area contributed by atoms with E-state index in [4.69, 9.17) is 0 Å². The predicted molar refractivity (Wildman–Crippen MR) is 191 cm³/mol. The molecule has 0 N–H and O–H groups in total. The first-order valence-electron chi connectivity index (χ1n) is 16.3. The Bertz CT molecular complexity index is 2240. The number of anilines is 1. The van der Waals surface area contributed by atoms with Crippen molar-refractivity contribution in [2.24, 2.45) is 0 Å². The summed E-state index contributed by atoms with van der Waals surface area (Å²) in [5, 5.41) is 4.56. The Balaban J connectivity index is 0.00000468. The Morgan fingerprint density at radius 2 is 1.29 bits per heavy atom. The summed E-state index contributed by atoms with van der Waals surface area (Å²) in [5.74, 6) is -0.823. The number of unbranched alkanes of at least 4 members (excludes halogenated alkanes) is 1. The van der Waals surface area contributed by atoms with Gasteiger partial charge in [0.2, 0.25) is 5.69 Å². The summed E-state index contributed by atoms with van der Waals surface area (Å²) >= 11 is 0. The molecule has 0 spiro atoms. The minimum Gasteiger partial charge on any atom is -0.748 e. The Labute approximate surface area is 312 Å². The van der Waals surface area contributed by atoms with Crippen LogP contribution >= 0.6 is 0 Å². The molecule has 0 saturated heterocycles. The molecular weight excluding hydrogens is 668 g/mol. The van der Waals surface area contributed by atoms with Gasteiger partial charge in [0.1, 0.15) is 6.54 Å². The molecule has 0 bridgehead atoms. The molecule has 252 valence electrons. The second-order valence-electron chi connectivity index (χ2n) is 13.8. The zero-order chi connectivity index (χ0) is 34.5. The smallest absolute Gasteiger partial charge is 0.748 e. The van der Waals surface area contributed by atoms with Crippen LogP contribution in [0.2, 0.25) is 0 Å². The maximum atomic E-state index is 11.5. The van der Waals surface area contributed by atoms with Gasteiger partial charge in [-0.1, -0.05) is 74.5 Å². The molecule has 8 nitrogen and oxygen atoms in total. The monoisotopic (exact) mass is 708 g/mol. The number of allylic oxidation sites excluding steroid dienone is 4. The van der Waals surface area contributed by atoms with Crippen LogP contribution in [0.5, 0.6) is 0 Å². The van der Waals surface area contributed by atoms with Crippen LogP contribution in [0, 0.1) is 0 Å². The molecule has 4 aromatic rings. The normalized spacial score (nSPS) is 17.7. The van der Waals surface area contributed by atoms with Crippen molar-refractivity contribution in [3.05, 3.63) is 108 Å².